The zero-order valence-electron chi connectivity index (χ0n) is 9.43. The molecule has 8 nitrogen and oxygen atoms in total. The third kappa shape index (κ3) is 6.36. The van der Waals surface area contributed by atoms with Crippen molar-refractivity contribution >= 4 is 17.9 Å². The minimum atomic E-state index is -1.54. The fraction of sp³-hybridized carbons (Fsp3) is 0.667. The minimum Gasteiger partial charge on any atom is -0.481 e. The monoisotopic (exact) mass is 246 g/mol. The number of hydrogen-bond acceptors (Lipinski definition) is 4. The Bertz CT molecular complexity index is 314. The van der Waals surface area contributed by atoms with Gasteiger partial charge in [0.05, 0.1) is 0 Å². The zero-order valence-corrected chi connectivity index (χ0v) is 9.43. The van der Waals surface area contributed by atoms with Crippen molar-refractivity contribution in [3.63, 3.8) is 0 Å². The maximum atomic E-state index is 11.0. The summed E-state index contributed by atoms with van der Waals surface area (Å²) >= 11 is 0. The number of nitrogens with two attached hydrogens (primary N) is 3. The summed E-state index contributed by atoms with van der Waals surface area (Å²) in [7, 11) is 0. The van der Waals surface area contributed by atoms with Gasteiger partial charge in [-0.15, -0.1) is 0 Å². The second-order valence-electron chi connectivity index (χ2n) is 3.77. The molecular formula is C9H18N4O4. The quantitative estimate of drug-likeness (QED) is 0.201. The number of guanidine groups is 1. The lowest BCUT2D eigenvalue weighted by molar-refractivity contribution is -0.144. The molecule has 0 aromatic heterocycles. The maximum absolute atomic E-state index is 11.0. The van der Waals surface area contributed by atoms with Gasteiger partial charge in [0, 0.05) is 13.0 Å². The second kappa shape index (κ2) is 6.69. The van der Waals surface area contributed by atoms with Crippen LogP contribution < -0.4 is 17.2 Å². The van der Waals surface area contributed by atoms with Crippen LogP contribution in [0.25, 0.3) is 0 Å². The summed E-state index contributed by atoms with van der Waals surface area (Å²) in [5.41, 5.74) is 14.3. The van der Waals surface area contributed by atoms with E-state index in [1.807, 2.05) is 0 Å². The second-order valence-corrected chi connectivity index (χ2v) is 3.77. The van der Waals surface area contributed by atoms with Crippen molar-refractivity contribution in [2.45, 2.75) is 31.2 Å². The first-order valence-electron chi connectivity index (χ1n) is 5.07. The molecule has 0 unspecified atom stereocenters. The average Bonchev–Trinajstić information content (AvgIpc) is 2.21. The lowest BCUT2D eigenvalue weighted by Gasteiger charge is -2.23. The normalized spacial score (nSPS) is 13.7. The molecule has 0 bridgehead atoms. The molecule has 0 heterocycles. The highest BCUT2D eigenvalue weighted by Gasteiger charge is 2.33. The Labute approximate surface area is 98.5 Å². The molecule has 0 saturated heterocycles. The SMILES string of the molecule is NC(N)=NCCC[C@@](N)(CCC(=O)O)C(=O)O. The fourth-order valence-electron chi connectivity index (χ4n) is 1.27. The Morgan fingerprint density at radius 1 is 1.18 bits per heavy atom. The summed E-state index contributed by atoms with van der Waals surface area (Å²) in [6, 6.07) is 0. The van der Waals surface area contributed by atoms with Crippen LogP contribution in [0.5, 0.6) is 0 Å². The van der Waals surface area contributed by atoms with Crippen molar-refractivity contribution in [2.75, 3.05) is 6.54 Å². The average molecular weight is 246 g/mol. The molecule has 0 fully saturated rings. The summed E-state index contributed by atoms with van der Waals surface area (Å²) in [6.07, 6.45) is 0.0807. The maximum Gasteiger partial charge on any atom is 0.323 e. The number of carboxylic acid groups (broad SMARTS) is 2. The molecule has 8 N–H and O–H groups in total. The Hall–Kier alpha value is -1.83. The smallest absolute Gasteiger partial charge is 0.323 e. The topological polar surface area (TPSA) is 165 Å². The van der Waals surface area contributed by atoms with Crippen molar-refractivity contribution < 1.29 is 19.8 Å². The molecule has 1 atom stereocenters. The van der Waals surface area contributed by atoms with Crippen molar-refractivity contribution in [3.8, 4) is 0 Å². The van der Waals surface area contributed by atoms with Crippen LogP contribution in [-0.2, 0) is 9.59 Å². The molecule has 0 aliphatic carbocycles. The van der Waals surface area contributed by atoms with E-state index in [2.05, 4.69) is 4.99 Å². The first kappa shape index (κ1) is 15.2. The number of aliphatic carboxylic acids is 2. The van der Waals surface area contributed by atoms with Gasteiger partial charge in [0.1, 0.15) is 5.54 Å². The summed E-state index contributed by atoms with van der Waals surface area (Å²) in [5, 5.41) is 17.5. The number of rotatable bonds is 8. The van der Waals surface area contributed by atoms with Crippen molar-refractivity contribution in [2.24, 2.45) is 22.2 Å². The molecule has 0 radical (unpaired) electrons. The van der Waals surface area contributed by atoms with Crippen LogP contribution in [0.3, 0.4) is 0 Å². The molecule has 0 rings (SSSR count). The molecule has 0 amide bonds. The van der Waals surface area contributed by atoms with Crippen LogP contribution in [0.15, 0.2) is 4.99 Å². The van der Waals surface area contributed by atoms with Gasteiger partial charge in [0.15, 0.2) is 5.96 Å². The molecular weight excluding hydrogens is 228 g/mol. The first-order valence-corrected chi connectivity index (χ1v) is 5.07. The Kier molecular flexibility index (Phi) is 5.97. The molecule has 17 heavy (non-hydrogen) atoms. The van der Waals surface area contributed by atoms with Crippen molar-refractivity contribution in [1.29, 1.82) is 0 Å². The molecule has 0 aromatic rings. The number of hydrogen-bond donors (Lipinski definition) is 5. The molecule has 0 aliphatic rings. The third-order valence-electron chi connectivity index (χ3n) is 2.29. The van der Waals surface area contributed by atoms with E-state index in [0.717, 1.165) is 0 Å². The van der Waals surface area contributed by atoms with Crippen LogP contribution in [0.4, 0.5) is 0 Å². The highest BCUT2D eigenvalue weighted by Crippen LogP contribution is 2.17. The summed E-state index contributed by atoms with van der Waals surface area (Å²) in [5.74, 6) is -2.37. The Morgan fingerprint density at radius 3 is 2.18 bits per heavy atom. The fourth-order valence-corrected chi connectivity index (χ4v) is 1.27. The molecule has 8 heteroatoms. The molecule has 0 spiro atoms. The van der Waals surface area contributed by atoms with Gasteiger partial charge in [0.2, 0.25) is 0 Å². The predicted octanol–water partition coefficient (Wildman–Crippen LogP) is -1.31. The number of aliphatic imine (C=N–C) groups is 1. The van der Waals surface area contributed by atoms with Gasteiger partial charge in [0.25, 0.3) is 0 Å². The van der Waals surface area contributed by atoms with Crippen LogP contribution in [-0.4, -0.2) is 40.2 Å². The van der Waals surface area contributed by atoms with Gasteiger partial charge >= 0.3 is 11.9 Å². The highest BCUT2D eigenvalue weighted by atomic mass is 16.4. The van der Waals surface area contributed by atoms with Crippen molar-refractivity contribution in [1.82, 2.24) is 0 Å². The molecule has 0 aliphatic heterocycles. The third-order valence-corrected chi connectivity index (χ3v) is 2.29. The lowest BCUT2D eigenvalue weighted by atomic mass is 9.89. The number of carbonyl (C=O) groups is 2. The lowest BCUT2D eigenvalue weighted by Crippen LogP contribution is -2.48. The summed E-state index contributed by atoms with van der Waals surface area (Å²) in [4.78, 5) is 25.0. The number of carboxylic acids is 2. The van der Waals surface area contributed by atoms with E-state index in [4.69, 9.17) is 27.4 Å². The minimum absolute atomic E-state index is 0.0755. The standard InChI is InChI=1S/C9H18N4O4/c10-8(11)13-5-1-3-9(12,7(16)17)4-2-6(14)15/h1-5,12H2,(H,14,15)(H,16,17)(H4,10,11,13)/t9-/m1/s1. The van der Waals surface area contributed by atoms with E-state index < -0.39 is 17.5 Å². The van der Waals surface area contributed by atoms with Crippen LogP contribution >= 0.6 is 0 Å². The summed E-state index contributed by atoms with van der Waals surface area (Å²) < 4.78 is 0. The Morgan fingerprint density at radius 2 is 1.76 bits per heavy atom. The van der Waals surface area contributed by atoms with E-state index in [1.54, 1.807) is 0 Å². The van der Waals surface area contributed by atoms with Gasteiger partial charge in [-0.05, 0) is 19.3 Å². The van der Waals surface area contributed by atoms with Crippen LogP contribution in [0.2, 0.25) is 0 Å². The molecule has 0 aromatic carbocycles. The van der Waals surface area contributed by atoms with Gasteiger partial charge in [-0.25, -0.2) is 0 Å². The highest BCUT2D eigenvalue weighted by molar-refractivity contribution is 5.79. The van der Waals surface area contributed by atoms with Gasteiger partial charge in [-0.2, -0.15) is 0 Å². The first-order chi connectivity index (χ1) is 7.78. The molecule has 0 saturated carbocycles. The van der Waals surface area contributed by atoms with Crippen molar-refractivity contribution in [3.05, 3.63) is 0 Å². The largest absolute Gasteiger partial charge is 0.481 e. The van der Waals surface area contributed by atoms with Gasteiger partial charge in [-0.3, -0.25) is 14.6 Å². The predicted molar refractivity (Wildman–Crippen MR) is 61.3 cm³/mol. The number of nitrogens with zero attached hydrogens (tertiary/aromatic N) is 1. The Balaban J connectivity index is 4.26. The van der Waals surface area contributed by atoms with E-state index in [-0.39, 0.29) is 31.8 Å². The van der Waals surface area contributed by atoms with Crippen LogP contribution in [0.1, 0.15) is 25.7 Å². The van der Waals surface area contributed by atoms with Gasteiger partial charge < -0.3 is 27.4 Å². The molecule has 98 valence electrons. The summed E-state index contributed by atoms with van der Waals surface area (Å²) in [6.45, 7) is 0.266. The van der Waals surface area contributed by atoms with Crippen LogP contribution in [0, 0.1) is 0 Å². The van der Waals surface area contributed by atoms with E-state index in [0.29, 0.717) is 6.42 Å². The van der Waals surface area contributed by atoms with E-state index in [9.17, 15) is 9.59 Å². The van der Waals surface area contributed by atoms with E-state index >= 15 is 0 Å². The van der Waals surface area contributed by atoms with Gasteiger partial charge in [-0.1, -0.05) is 0 Å². The van der Waals surface area contributed by atoms with E-state index in [1.165, 1.54) is 0 Å². The zero-order chi connectivity index (χ0) is 13.5.